The smallest absolute Gasteiger partial charge is 0.319 e. The predicted octanol–water partition coefficient (Wildman–Crippen LogP) is 2.74. The molecule has 1 aromatic carbocycles. The number of carboxylic acid groups (broad SMARTS) is 1. The van der Waals surface area contributed by atoms with Crippen molar-refractivity contribution >= 4 is 17.7 Å². The third-order valence-electron chi connectivity index (χ3n) is 4.49. The van der Waals surface area contributed by atoms with Gasteiger partial charge in [-0.2, -0.15) is 5.10 Å². The number of anilines is 1. The van der Waals surface area contributed by atoms with Gasteiger partial charge < -0.3 is 20.5 Å². The number of ether oxygens (including phenoxy) is 1. The van der Waals surface area contributed by atoms with Crippen molar-refractivity contribution in [1.29, 1.82) is 0 Å². The van der Waals surface area contributed by atoms with Gasteiger partial charge in [-0.3, -0.25) is 9.48 Å². The Morgan fingerprint density at radius 1 is 1.25 bits per heavy atom. The van der Waals surface area contributed by atoms with Crippen molar-refractivity contribution < 1.29 is 19.4 Å². The van der Waals surface area contributed by atoms with E-state index in [9.17, 15) is 9.59 Å². The molecule has 2 rings (SSSR count). The maximum atomic E-state index is 12.6. The van der Waals surface area contributed by atoms with E-state index in [2.05, 4.69) is 15.7 Å². The Bertz CT molecular complexity index is 789. The Kier molecular flexibility index (Phi) is 8.01. The molecule has 0 aliphatic heterocycles. The molecule has 0 aliphatic carbocycles. The average molecular weight is 388 g/mol. The van der Waals surface area contributed by atoms with Crippen LogP contribution >= 0.6 is 0 Å². The maximum absolute atomic E-state index is 12.6. The van der Waals surface area contributed by atoms with Crippen LogP contribution < -0.4 is 10.6 Å². The van der Waals surface area contributed by atoms with Gasteiger partial charge in [-0.25, -0.2) is 4.79 Å². The van der Waals surface area contributed by atoms with E-state index in [1.165, 1.54) is 0 Å². The van der Waals surface area contributed by atoms with Crippen LogP contribution in [0, 0.1) is 13.8 Å². The van der Waals surface area contributed by atoms with E-state index >= 15 is 0 Å². The third kappa shape index (κ3) is 6.38. The standard InChI is InChI=1S/C20H28N4O4/c1-14-19(15(2)24(23-14)11-12-28-3)22-20(27)21-17(9-10-18(25)26)13-16-7-5-4-6-8-16/h4-8,17H,9-13H2,1-3H3,(H,25,26)(H2,21,22,27). The number of carboxylic acids is 1. The van der Waals surface area contributed by atoms with E-state index in [-0.39, 0.29) is 18.5 Å². The average Bonchev–Trinajstić information content (AvgIpc) is 2.92. The summed E-state index contributed by atoms with van der Waals surface area (Å²) in [7, 11) is 1.63. The SMILES string of the molecule is COCCn1nc(C)c(NC(=O)NC(CCC(=O)O)Cc2ccccc2)c1C. The Labute approximate surface area is 164 Å². The van der Waals surface area contributed by atoms with Gasteiger partial charge in [0.25, 0.3) is 0 Å². The molecular weight excluding hydrogens is 360 g/mol. The second-order valence-corrected chi connectivity index (χ2v) is 6.68. The highest BCUT2D eigenvalue weighted by molar-refractivity contribution is 5.90. The van der Waals surface area contributed by atoms with E-state index in [0.717, 1.165) is 11.3 Å². The van der Waals surface area contributed by atoms with Crippen LogP contribution in [-0.2, 0) is 22.5 Å². The third-order valence-corrected chi connectivity index (χ3v) is 4.49. The summed E-state index contributed by atoms with van der Waals surface area (Å²) in [6.45, 7) is 4.85. The number of methoxy groups -OCH3 is 1. The minimum absolute atomic E-state index is 0.00914. The number of amides is 2. The zero-order chi connectivity index (χ0) is 20.5. The lowest BCUT2D eigenvalue weighted by Gasteiger charge is -2.19. The molecule has 0 aliphatic rings. The summed E-state index contributed by atoms with van der Waals surface area (Å²) in [5.74, 6) is -0.883. The Morgan fingerprint density at radius 3 is 2.61 bits per heavy atom. The zero-order valence-electron chi connectivity index (χ0n) is 16.6. The Hall–Kier alpha value is -2.87. The van der Waals surface area contributed by atoms with Gasteiger partial charge in [0.05, 0.1) is 30.2 Å². The fourth-order valence-corrected chi connectivity index (χ4v) is 3.03. The largest absolute Gasteiger partial charge is 0.481 e. The quantitative estimate of drug-likeness (QED) is 0.580. The molecule has 1 heterocycles. The van der Waals surface area contributed by atoms with E-state index in [1.54, 1.807) is 11.8 Å². The molecule has 28 heavy (non-hydrogen) atoms. The first-order chi connectivity index (χ1) is 13.4. The number of carbonyl (C=O) groups is 2. The number of aryl methyl sites for hydroxylation is 1. The van der Waals surface area contributed by atoms with Crippen LogP contribution in [0.4, 0.5) is 10.5 Å². The number of aliphatic carboxylic acids is 1. The van der Waals surface area contributed by atoms with Gasteiger partial charge in [0.1, 0.15) is 0 Å². The van der Waals surface area contributed by atoms with Crippen LogP contribution in [0.1, 0.15) is 29.8 Å². The van der Waals surface area contributed by atoms with Crippen molar-refractivity contribution in [2.24, 2.45) is 0 Å². The van der Waals surface area contributed by atoms with Crippen LogP contribution in [-0.4, -0.2) is 46.6 Å². The molecule has 0 saturated heterocycles. The maximum Gasteiger partial charge on any atom is 0.319 e. The fourth-order valence-electron chi connectivity index (χ4n) is 3.03. The second kappa shape index (κ2) is 10.5. The first kappa shape index (κ1) is 21.4. The van der Waals surface area contributed by atoms with Crippen molar-refractivity contribution in [3.8, 4) is 0 Å². The number of hydrogen-bond donors (Lipinski definition) is 3. The Balaban J connectivity index is 2.04. The molecule has 2 aromatic rings. The number of carbonyl (C=O) groups excluding carboxylic acids is 1. The van der Waals surface area contributed by atoms with Crippen molar-refractivity contribution in [3.05, 3.63) is 47.3 Å². The van der Waals surface area contributed by atoms with Crippen LogP contribution in [0.5, 0.6) is 0 Å². The number of nitrogens with zero attached hydrogens (tertiary/aromatic N) is 2. The van der Waals surface area contributed by atoms with Gasteiger partial charge in [0, 0.05) is 19.6 Å². The highest BCUT2D eigenvalue weighted by Crippen LogP contribution is 2.19. The molecule has 0 fully saturated rings. The number of rotatable bonds is 10. The second-order valence-electron chi connectivity index (χ2n) is 6.68. The lowest BCUT2D eigenvalue weighted by atomic mass is 10.0. The van der Waals surface area contributed by atoms with Crippen LogP contribution in [0.2, 0.25) is 0 Å². The first-order valence-electron chi connectivity index (χ1n) is 9.27. The summed E-state index contributed by atoms with van der Waals surface area (Å²) in [6, 6.07) is 9.02. The van der Waals surface area contributed by atoms with Gasteiger partial charge in [-0.1, -0.05) is 30.3 Å². The van der Waals surface area contributed by atoms with Crippen molar-refractivity contribution in [1.82, 2.24) is 15.1 Å². The van der Waals surface area contributed by atoms with Crippen LogP contribution in [0.15, 0.2) is 30.3 Å². The molecule has 1 atom stereocenters. The van der Waals surface area contributed by atoms with Gasteiger partial charge >= 0.3 is 12.0 Å². The van der Waals surface area contributed by atoms with Crippen molar-refractivity contribution in [2.75, 3.05) is 19.0 Å². The molecule has 152 valence electrons. The monoisotopic (exact) mass is 388 g/mol. The lowest BCUT2D eigenvalue weighted by Crippen LogP contribution is -2.39. The minimum atomic E-state index is -0.883. The molecule has 1 aromatic heterocycles. The van der Waals surface area contributed by atoms with Crippen LogP contribution in [0.25, 0.3) is 0 Å². The van der Waals surface area contributed by atoms with Crippen molar-refractivity contribution in [2.45, 2.75) is 45.7 Å². The van der Waals surface area contributed by atoms with Gasteiger partial charge in [0.2, 0.25) is 0 Å². The number of benzene rings is 1. The molecular formula is C20H28N4O4. The van der Waals surface area contributed by atoms with E-state index < -0.39 is 5.97 Å². The summed E-state index contributed by atoms with van der Waals surface area (Å²) in [6.07, 6.45) is 0.903. The predicted molar refractivity (Wildman–Crippen MR) is 107 cm³/mol. The molecule has 0 saturated carbocycles. The number of urea groups is 1. The molecule has 2 amide bonds. The number of hydrogen-bond acceptors (Lipinski definition) is 4. The minimum Gasteiger partial charge on any atom is -0.481 e. The van der Waals surface area contributed by atoms with Crippen molar-refractivity contribution in [3.63, 3.8) is 0 Å². The lowest BCUT2D eigenvalue weighted by molar-refractivity contribution is -0.137. The molecule has 8 nitrogen and oxygen atoms in total. The van der Waals surface area contributed by atoms with E-state index in [0.29, 0.717) is 37.4 Å². The van der Waals surface area contributed by atoms with Gasteiger partial charge in [-0.15, -0.1) is 0 Å². The van der Waals surface area contributed by atoms with E-state index in [1.807, 2.05) is 44.2 Å². The Morgan fingerprint density at radius 2 is 1.96 bits per heavy atom. The summed E-state index contributed by atoms with van der Waals surface area (Å²) >= 11 is 0. The van der Waals surface area contributed by atoms with Crippen LogP contribution in [0.3, 0.4) is 0 Å². The topological polar surface area (TPSA) is 105 Å². The normalized spacial score (nSPS) is 11.8. The number of nitrogens with one attached hydrogen (secondary N) is 2. The van der Waals surface area contributed by atoms with Gasteiger partial charge in [-0.05, 0) is 32.3 Å². The zero-order valence-corrected chi connectivity index (χ0v) is 16.6. The highest BCUT2D eigenvalue weighted by Gasteiger charge is 2.18. The molecule has 1 unspecified atom stereocenters. The summed E-state index contributed by atoms with van der Waals surface area (Å²) in [4.78, 5) is 23.5. The first-order valence-corrected chi connectivity index (χ1v) is 9.27. The molecule has 3 N–H and O–H groups in total. The summed E-state index contributed by atoms with van der Waals surface area (Å²) < 4.78 is 6.87. The van der Waals surface area contributed by atoms with Gasteiger partial charge in [0.15, 0.2) is 0 Å². The number of aromatic nitrogens is 2. The molecule has 0 bridgehead atoms. The summed E-state index contributed by atoms with van der Waals surface area (Å²) in [5.41, 5.74) is 3.26. The molecule has 0 spiro atoms. The highest BCUT2D eigenvalue weighted by atomic mass is 16.5. The molecule has 8 heteroatoms. The fraction of sp³-hybridized carbons (Fsp3) is 0.450. The molecule has 0 radical (unpaired) electrons. The van der Waals surface area contributed by atoms with E-state index in [4.69, 9.17) is 9.84 Å². The summed E-state index contributed by atoms with van der Waals surface area (Å²) in [5, 5.41) is 19.2.